The number of likely N-dealkylation sites (tertiary alicyclic amines) is 1. The summed E-state index contributed by atoms with van der Waals surface area (Å²) < 4.78 is 5.36. The number of aromatic nitrogens is 2. The summed E-state index contributed by atoms with van der Waals surface area (Å²) in [7, 11) is 0. The predicted molar refractivity (Wildman–Crippen MR) is 88.8 cm³/mol. The number of hydrogen-bond acceptors (Lipinski definition) is 5. The van der Waals surface area contributed by atoms with Crippen LogP contribution in [0.2, 0.25) is 0 Å². The molecule has 3 atom stereocenters. The Bertz CT molecular complexity index is 514. The zero-order chi connectivity index (χ0) is 17.0. The standard InChI is InChI=1S/C17H30N4O2/c1-6-7-15-19-16(23-20-15)13(5)18-14-8-9-21(10-12(14)4)17(22)11(2)3/h11-14,18H,6-10H2,1-5H3. The minimum absolute atomic E-state index is 0.0351. The van der Waals surface area contributed by atoms with Gasteiger partial charge in [0, 0.05) is 31.5 Å². The molecule has 1 amide bonds. The van der Waals surface area contributed by atoms with Gasteiger partial charge >= 0.3 is 0 Å². The predicted octanol–water partition coefficient (Wildman–Crippen LogP) is 2.57. The maximum Gasteiger partial charge on any atom is 0.243 e. The van der Waals surface area contributed by atoms with E-state index in [-0.39, 0.29) is 17.9 Å². The molecule has 0 spiro atoms. The van der Waals surface area contributed by atoms with E-state index in [0.717, 1.165) is 38.2 Å². The molecule has 1 saturated heterocycles. The molecule has 1 N–H and O–H groups in total. The Morgan fingerprint density at radius 1 is 1.43 bits per heavy atom. The highest BCUT2D eigenvalue weighted by molar-refractivity contribution is 5.78. The van der Waals surface area contributed by atoms with Crippen LogP contribution in [0.5, 0.6) is 0 Å². The Morgan fingerprint density at radius 3 is 2.78 bits per heavy atom. The maximum absolute atomic E-state index is 12.1. The van der Waals surface area contributed by atoms with Gasteiger partial charge in [0.15, 0.2) is 5.82 Å². The quantitative estimate of drug-likeness (QED) is 0.871. The number of piperidine rings is 1. The molecule has 0 aliphatic carbocycles. The molecule has 0 radical (unpaired) electrons. The molecule has 23 heavy (non-hydrogen) atoms. The molecule has 2 rings (SSSR count). The SMILES string of the molecule is CCCc1noc(C(C)NC2CCN(C(=O)C(C)C)CC2C)n1. The third-order valence-electron chi connectivity index (χ3n) is 4.50. The van der Waals surface area contributed by atoms with Gasteiger partial charge in [-0.05, 0) is 25.7 Å². The molecule has 130 valence electrons. The van der Waals surface area contributed by atoms with Crippen LogP contribution >= 0.6 is 0 Å². The van der Waals surface area contributed by atoms with Gasteiger partial charge in [0.1, 0.15) is 0 Å². The minimum atomic E-state index is 0.0351. The molecule has 1 aliphatic heterocycles. The molecular weight excluding hydrogens is 292 g/mol. The Hall–Kier alpha value is -1.43. The van der Waals surface area contributed by atoms with Crippen molar-refractivity contribution in [1.82, 2.24) is 20.4 Å². The van der Waals surface area contributed by atoms with Gasteiger partial charge in [0.25, 0.3) is 0 Å². The Morgan fingerprint density at radius 2 is 2.17 bits per heavy atom. The number of nitrogens with one attached hydrogen (secondary N) is 1. The lowest BCUT2D eigenvalue weighted by Crippen LogP contribution is -2.51. The van der Waals surface area contributed by atoms with E-state index in [1.807, 2.05) is 18.7 Å². The highest BCUT2D eigenvalue weighted by Gasteiger charge is 2.31. The Kier molecular flexibility index (Phi) is 6.16. The van der Waals surface area contributed by atoms with E-state index in [4.69, 9.17) is 4.52 Å². The van der Waals surface area contributed by atoms with Crippen LogP contribution < -0.4 is 5.32 Å². The molecule has 3 unspecified atom stereocenters. The second kappa shape index (κ2) is 7.90. The summed E-state index contributed by atoms with van der Waals surface area (Å²) >= 11 is 0. The van der Waals surface area contributed by atoms with Crippen molar-refractivity contribution in [2.45, 2.75) is 66.0 Å². The summed E-state index contributed by atoms with van der Waals surface area (Å²) in [5.41, 5.74) is 0. The lowest BCUT2D eigenvalue weighted by Gasteiger charge is -2.39. The Labute approximate surface area is 139 Å². The highest BCUT2D eigenvalue weighted by Crippen LogP contribution is 2.22. The fourth-order valence-corrected chi connectivity index (χ4v) is 3.12. The molecule has 1 aromatic heterocycles. The van der Waals surface area contributed by atoms with Gasteiger partial charge in [-0.2, -0.15) is 4.98 Å². The lowest BCUT2D eigenvalue weighted by atomic mass is 9.92. The molecule has 0 saturated carbocycles. The van der Waals surface area contributed by atoms with Crippen molar-refractivity contribution in [3.05, 3.63) is 11.7 Å². The van der Waals surface area contributed by atoms with Crippen molar-refractivity contribution >= 4 is 5.91 Å². The maximum atomic E-state index is 12.1. The Balaban J connectivity index is 1.89. The summed E-state index contributed by atoms with van der Waals surface area (Å²) in [5, 5.41) is 7.61. The van der Waals surface area contributed by atoms with Crippen molar-refractivity contribution in [2.75, 3.05) is 13.1 Å². The van der Waals surface area contributed by atoms with Crippen LogP contribution in [0.15, 0.2) is 4.52 Å². The zero-order valence-corrected chi connectivity index (χ0v) is 15.0. The summed E-state index contributed by atoms with van der Waals surface area (Å²) in [6.45, 7) is 11.9. The van der Waals surface area contributed by atoms with Crippen molar-refractivity contribution in [3.63, 3.8) is 0 Å². The van der Waals surface area contributed by atoms with Gasteiger partial charge in [0.05, 0.1) is 6.04 Å². The van der Waals surface area contributed by atoms with Crippen molar-refractivity contribution in [3.8, 4) is 0 Å². The van der Waals surface area contributed by atoms with Gasteiger partial charge in [-0.15, -0.1) is 0 Å². The van der Waals surface area contributed by atoms with Crippen LogP contribution in [0.25, 0.3) is 0 Å². The van der Waals surface area contributed by atoms with Crippen molar-refractivity contribution in [1.29, 1.82) is 0 Å². The monoisotopic (exact) mass is 322 g/mol. The van der Waals surface area contributed by atoms with E-state index in [1.54, 1.807) is 0 Å². The summed E-state index contributed by atoms with van der Waals surface area (Å²) in [6, 6.07) is 0.399. The molecule has 1 aliphatic rings. The van der Waals surface area contributed by atoms with E-state index in [9.17, 15) is 4.79 Å². The second-order valence-electron chi connectivity index (χ2n) is 7.00. The number of hydrogen-bond donors (Lipinski definition) is 1. The van der Waals surface area contributed by atoms with Crippen LogP contribution in [0.1, 0.15) is 65.2 Å². The number of amides is 1. The van der Waals surface area contributed by atoms with Crippen LogP contribution in [-0.4, -0.2) is 40.1 Å². The first kappa shape index (κ1) is 17.9. The molecule has 1 fully saturated rings. The van der Waals surface area contributed by atoms with Crippen LogP contribution in [-0.2, 0) is 11.2 Å². The fourth-order valence-electron chi connectivity index (χ4n) is 3.12. The molecule has 0 bridgehead atoms. The van der Waals surface area contributed by atoms with Crippen LogP contribution in [0, 0.1) is 11.8 Å². The van der Waals surface area contributed by atoms with Gasteiger partial charge < -0.3 is 14.7 Å². The molecule has 6 heteroatoms. The normalized spacial score (nSPS) is 23.3. The van der Waals surface area contributed by atoms with E-state index >= 15 is 0 Å². The number of rotatable bonds is 6. The lowest BCUT2D eigenvalue weighted by molar-refractivity contribution is -0.136. The highest BCUT2D eigenvalue weighted by atomic mass is 16.5. The first-order chi connectivity index (χ1) is 10.9. The zero-order valence-electron chi connectivity index (χ0n) is 15.0. The van der Waals surface area contributed by atoms with Crippen LogP contribution in [0.3, 0.4) is 0 Å². The third kappa shape index (κ3) is 4.53. The van der Waals surface area contributed by atoms with E-state index in [1.165, 1.54) is 0 Å². The minimum Gasteiger partial charge on any atom is -0.342 e. The third-order valence-corrected chi connectivity index (χ3v) is 4.50. The van der Waals surface area contributed by atoms with Crippen molar-refractivity contribution in [2.24, 2.45) is 11.8 Å². The smallest absolute Gasteiger partial charge is 0.243 e. The number of carbonyl (C=O) groups is 1. The number of carbonyl (C=O) groups excluding carboxylic acids is 1. The van der Waals surface area contributed by atoms with E-state index in [2.05, 4.69) is 36.2 Å². The van der Waals surface area contributed by atoms with Crippen LogP contribution in [0.4, 0.5) is 0 Å². The summed E-state index contributed by atoms with van der Waals surface area (Å²) in [6.07, 6.45) is 2.82. The largest absolute Gasteiger partial charge is 0.342 e. The van der Waals surface area contributed by atoms with Gasteiger partial charge in [-0.1, -0.05) is 32.9 Å². The van der Waals surface area contributed by atoms with Gasteiger partial charge in [-0.25, -0.2) is 0 Å². The molecule has 2 heterocycles. The summed E-state index contributed by atoms with van der Waals surface area (Å²) in [4.78, 5) is 18.6. The van der Waals surface area contributed by atoms with E-state index < -0.39 is 0 Å². The first-order valence-corrected chi connectivity index (χ1v) is 8.79. The molecular formula is C17H30N4O2. The summed E-state index contributed by atoms with van der Waals surface area (Å²) in [5.74, 6) is 2.17. The number of aryl methyl sites for hydroxylation is 1. The van der Waals surface area contributed by atoms with Gasteiger partial charge in [0.2, 0.25) is 11.8 Å². The molecule has 0 aromatic carbocycles. The van der Waals surface area contributed by atoms with Gasteiger partial charge in [-0.3, -0.25) is 4.79 Å². The average molecular weight is 322 g/mol. The number of nitrogens with zero attached hydrogens (tertiary/aromatic N) is 3. The first-order valence-electron chi connectivity index (χ1n) is 8.79. The molecule has 6 nitrogen and oxygen atoms in total. The second-order valence-corrected chi connectivity index (χ2v) is 7.00. The fraction of sp³-hybridized carbons (Fsp3) is 0.824. The van der Waals surface area contributed by atoms with E-state index in [0.29, 0.717) is 17.9 Å². The topological polar surface area (TPSA) is 71.3 Å². The molecule has 1 aromatic rings. The average Bonchev–Trinajstić information content (AvgIpc) is 2.97. The van der Waals surface area contributed by atoms with Crippen molar-refractivity contribution < 1.29 is 9.32 Å².